The van der Waals surface area contributed by atoms with Gasteiger partial charge in [-0.25, -0.2) is 9.69 Å². The molecule has 1 fully saturated rings. The number of nitrogens with two attached hydrogens (primary N) is 1. The number of carboxylic acids is 1. The molecule has 0 spiro atoms. The second-order valence-electron chi connectivity index (χ2n) is 4.94. The molecule has 10 nitrogen and oxygen atoms in total. The highest BCUT2D eigenvalue weighted by molar-refractivity contribution is 6.15. The zero-order valence-corrected chi connectivity index (χ0v) is 13.1. The Kier molecular flexibility index (Phi) is 5.22. The van der Waals surface area contributed by atoms with E-state index in [-0.39, 0.29) is 23.8 Å². The second-order valence-corrected chi connectivity index (χ2v) is 4.94. The van der Waals surface area contributed by atoms with E-state index in [1.807, 2.05) is 0 Å². The minimum Gasteiger partial charge on any atom is -0.493 e. The van der Waals surface area contributed by atoms with Crippen LogP contribution in [0.15, 0.2) is 23.9 Å². The van der Waals surface area contributed by atoms with Gasteiger partial charge in [-0.1, -0.05) is 6.07 Å². The molecular weight excluding hydrogens is 334 g/mol. The number of amides is 4. The lowest BCUT2D eigenvalue weighted by Gasteiger charge is -2.10. The lowest BCUT2D eigenvalue weighted by atomic mass is 10.1. The van der Waals surface area contributed by atoms with E-state index in [1.165, 1.54) is 25.3 Å². The summed E-state index contributed by atoms with van der Waals surface area (Å²) >= 11 is 0. The molecule has 25 heavy (non-hydrogen) atoms. The largest absolute Gasteiger partial charge is 0.493 e. The molecule has 1 aliphatic rings. The molecule has 4 amide bonds. The summed E-state index contributed by atoms with van der Waals surface area (Å²) in [5.41, 5.74) is 5.43. The van der Waals surface area contributed by atoms with Gasteiger partial charge in [-0.3, -0.25) is 14.4 Å². The average Bonchev–Trinajstić information content (AvgIpc) is 2.80. The summed E-state index contributed by atoms with van der Waals surface area (Å²) < 4.78 is 10.3. The van der Waals surface area contributed by atoms with Gasteiger partial charge in [0.05, 0.1) is 7.11 Å². The van der Waals surface area contributed by atoms with E-state index < -0.39 is 30.4 Å². The van der Waals surface area contributed by atoms with Crippen LogP contribution in [-0.4, -0.2) is 54.1 Å². The van der Waals surface area contributed by atoms with Crippen LogP contribution in [0.3, 0.4) is 0 Å². The van der Waals surface area contributed by atoms with Gasteiger partial charge in [0.15, 0.2) is 18.1 Å². The minimum atomic E-state index is -1.30. The van der Waals surface area contributed by atoms with Gasteiger partial charge in [0, 0.05) is 0 Å². The number of carboxylic acid groups (broad SMARTS) is 1. The van der Waals surface area contributed by atoms with Gasteiger partial charge in [-0.2, -0.15) is 0 Å². The number of hydrogen-bond donors (Lipinski definition) is 3. The van der Waals surface area contributed by atoms with Crippen molar-refractivity contribution in [2.45, 2.75) is 0 Å². The van der Waals surface area contributed by atoms with Gasteiger partial charge in [0.25, 0.3) is 11.8 Å². The topological polar surface area (TPSA) is 148 Å². The summed E-state index contributed by atoms with van der Waals surface area (Å²) in [4.78, 5) is 45.7. The predicted octanol–water partition coefficient (Wildman–Crippen LogP) is -0.463. The average molecular weight is 349 g/mol. The van der Waals surface area contributed by atoms with Crippen LogP contribution in [0.4, 0.5) is 4.79 Å². The van der Waals surface area contributed by atoms with Crippen molar-refractivity contribution in [3.8, 4) is 11.5 Å². The van der Waals surface area contributed by atoms with Crippen LogP contribution in [0.25, 0.3) is 6.08 Å². The maximum atomic E-state index is 12.1. The van der Waals surface area contributed by atoms with Crippen LogP contribution < -0.4 is 20.5 Å². The molecule has 1 aliphatic heterocycles. The van der Waals surface area contributed by atoms with Crippen molar-refractivity contribution in [1.29, 1.82) is 0 Å². The summed E-state index contributed by atoms with van der Waals surface area (Å²) in [6.45, 7) is -1.05. The number of carbonyl (C=O) groups is 4. The van der Waals surface area contributed by atoms with Crippen molar-refractivity contribution in [1.82, 2.24) is 10.2 Å². The van der Waals surface area contributed by atoms with Crippen LogP contribution in [0.2, 0.25) is 0 Å². The molecule has 132 valence electrons. The van der Waals surface area contributed by atoms with Crippen LogP contribution in [0.1, 0.15) is 5.56 Å². The molecule has 0 aliphatic carbocycles. The Bertz CT molecular complexity index is 772. The fourth-order valence-corrected chi connectivity index (χ4v) is 2.06. The number of carbonyl (C=O) groups excluding carboxylic acids is 3. The maximum absolute atomic E-state index is 12.1. The van der Waals surface area contributed by atoms with E-state index in [9.17, 15) is 19.2 Å². The van der Waals surface area contributed by atoms with Crippen LogP contribution in [-0.2, 0) is 14.4 Å². The molecular formula is C15H15N3O7. The van der Waals surface area contributed by atoms with E-state index in [1.54, 1.807) is 6.07 Å². The Morgan fingerprint density at radius 3 is 2.64 bits per heavy atom. The molecule has 0 bridgehead atoms. The van der Waals surface area contributed by atoms with Crippen LogP contribution >= 0.6 is 0 Å². The summed E-state index contributed by atoms with van der Waals surface area (Å²) in [6.07, 6.45) is 1.36. The number of ether oxygens (including phenoxy) is 2. The summed E-state index contributed by atoms with van der Waals surface area (Å²) in [5, 5.41) is 11.0. The van der Waals surface area contributed by atoms with Gasteiger partial charge in [0.1, 0.15) is 12.2 Å². The smallest absolute Gasteiger partial charge is 0.329 e. The Balaban J connectivity index is 2.23. The van der Waals surface area contributed by atoms with E-state index in [2.05, 4.69) is 5.32 Å². The van der Waals surface area contributed by atoms with Crippen molar-refractivity contribution in [3.05, 3.63) is 29.5 Å². The van der Waals surface area contributed by atoms with Gasteiger partial charge in [-0.05, 0) is 23.8 Å². The zero-order chi connectivity index (χ0) is 18.6. The van der Waals surface area contributed by atoms with Gasteiger partial charge in [-0.15, -0.1) is 0 Å². The van der Waals surface area contributed by atoms with Crippen LogP contribution in [0, 0.1) is 0 Å². The Hall–Kier alpha value is -3.56. The van der Waals surface area contributed by atoms with E-state index in [0.717, 1.165) is 0 Å². The molecule has 0 radical (unpaired) electrons. The monoisotopic (exact) mass is 349 g/mol. The van der Waals surface area contributed by atoms with E-state index in [0.29, 0.717) is 10.5 Å². The number of urea groups is 1. The van der Waals surface area contributed by atoms with E-state index in [4.69, 9.17) is 20.3 Å². The molecule has 0 atom stereocenters. The lowest BCUT2D eigenvalue weighted by Crippen LogP contribution is -2.35. The Morgan fingerprint density at radius 1 is 1.32 bits per heavy atom. The molecule has 1 aromatic rings. The number of primary amides is 1. The van der Waals surface area contributed by atoms with Crippen molar-refractivity contribution in [2.75, 3.05) is 20.3 Å². The molecule has 2 rings (SSSR count). The quantitative estimate of drug-likeness (QED) is 0.445. The first kappa shape index (κ1) is 17.8. The summed E-state index contributed by atoms with van der Waals surface area (Å²) in [7, 11) is 1.39. The first-order valence-electron chi connectivity index (χ1n) is 6.97. The van der Waals surface area contributed by atoms with Crippen LogP contribution in [0.5, 0.6) is 11.5 Å². The van der Waals surface area contributed by atoms with Gasteiger partial charge in [0.2, 0.25) is 0 Å². The molecule has 1 saturated heterocycles. The number of imide groups is 1. The van der Waals surface area contributed by atoms with Gasteiger partial charge >= 0.3 is 12.0 Å². The number of rotatable bonds is 7. The first-order chi connectivity index (χ1) is 11.8. The third kappa shape index (κ3) is 4.25. The SMILES string of the molecule is COc1cc(/C=C2/NC(=O)N(CC(=O)O)C2=O)ccc1OCC(N)=O. The number of aliphatic carboxylic acids is 1. The standard InChI is InChI=1S/C15H15N3O7/c1-24-11-5-8(2-3-10(11)25-7-12(16)19)4-9-14(22)18(6-13(20)21)15(23)17-9/h2-5H,6-7H2,1H3,(H2,16,19)(H,17,23)(H,20,21)/b9-4+. The first-order valence-corrected chi connectivity index (χ1v) is 6.97. The number of methoxy groups -OCH3 is 1. The highest BCUT2D eigenvalue weighted by Gasteiger charge is 2.34. The summed E-state index contributed by atoms with van der Waals surface area (Å²) in [6, 6.07) is 3.77. The Morgan fingerprint density at radius 2 is 2.04 bits per heavy atom. The third-order valence-corrected chi connectivity index (χ3v) is 3.12. The van der Waals surface area contributed by atoms with Crippen molar-refractivity contribution >= 4 is 29.9 Å². The normalized spacial score (nSPS) is 15.2. The van der Waals surface area contributed by atoms with Crippen molar-refractivity contribution in [2.24, 2.45) is 5.73 Å². The molecule has 4 N–H and O–H groups in total. The minimum absolute atomic E-state index is 0.0703. The molecule has 0 unspecified atom stereocenters. The maximum Gasteiger partial charge on any atom is 0.329 e. The molecule has 0 aromatic heterocycles. The highest BCUT2D eigenvalue weighted by atomic mass is 16.5. The third-order valence-electron chi connectivity index (χ3n) is 3.12. The molecule has 10 heteroatoms. The molecule has 1 aromatic carbocycles. The number of nitrogens with zero attached hydrogens (tertiary/aromatic N) is 1. The van der Waals surface area contributed by atoms with Crippen molar-refractivity contribution in [3.63, 3.8) is 0 Å². The van der Waals surface area contributed by atoms with Crippen molar-refractivity contribution < 1.29 is 33.8 Å². The highest BCUT2D eigenvalue weighted by Crippen LogP contribution is 2.29. The Labute approximate surface area is 141 Å². The number of benzene rings is 1. The van der Waals surface area contributed by atoms with Gasteiger partial charge < -0.3 is 25.6 Å². The lowest BCUT2D eigenvalue weighted by molar-refractivity contribution is -0.140. The fourth-order valence-electron chi connectivity index (χ4n) is 2.06. The zero-order valence-electron chi connectivity index (χ0n) is 13.1. The van der Waals surface area contributed by atoms with E-state index >= 15 is 0 Å². The molecule has 1 heterocycles. The molecule has 0 saturated carbocycles. The predicted molar refractivity (Wildman–Crippen MR) is 83.5 cm³/mol. The number of hydrogen-bond acceptors (Lipinski definition) is 6. The summed E-state index contributed by atoms with van der Waals surface area (Å²) in [5.74, 6) is -2.14. The second kappa shape index (κ2) is 7.34. The fraction of sp³-hybridized carbons (Fsp3) is 0.200. The number of nitrogens with one attached hydrogen (secondary N) is 1.